The van der Waals surface area contributed by atoms with Crippen LogP contribution in [0.3, 0.4) is 0 Å². The largest absolute Gasteiger partial charge is 0.252 e. The second kappa shape index (κ2) is 4.92. The summed E-state index contributed by atoms with van der Waals surface area (Å²) in [6, 6.07) is 0. The zero-order chi connectivity index (χ0) is 11.4. The molecule has 0 aliphatic rings. The average Bonchev–Trinajstić information content (AvgIpc) is 2.86. The highest BCUT2D eigenvalue weighted by Crippen LogP contribution is 1.99. The topological polar surface area (TPSA) is 39.5 Å². The van der Waals surface area contributed by atoms with Crippen molar-refractivity contribution in [3.05, 3.63) is 30.6 Å². The summed E-state index contributed by atoms with van der Waals surface area (Å²) in [4.78, 5) is 0. The third-order valence-electron chi connectivity index (χ3n) is 2.50. The SMILES string of the molecule is CCCCn1cc(Cn2cc[n+](C)c2)nn1. The molecule has 16 heavy (non-hydrogen) atoms. The summed E-state index contributed by atoms with van der Waals surface area (Å²) in [7, 11) is 2.01. The number of hydrogen-bond acceptors (Lipinski definition) is 2. The lowest BCUT2D eigenvalue weighted by atomic mass is 10.3. The van der Waals surface area contributed by atoms with E-state index in [0.29, 0.717) is 0 Å². The minimum atomic E-state index is 0.785. The number of imidazole rings is 1. The molecule has 0 atom stereocenters. The summed E-state index contributed by atoms with van der Waals surface area (Å²) in [5.74, 6) is 0. The number of rotatable bonds is 5. The number of nitrogens with zero attached hydrogens (tertiary/aromatic N) is 5. The van der Waals surface area contributed by atoms with Gasteiger partial charge in [-0.25, -0.2) is 9.13 Å². The molecule has 2 rings (SSSR count). The Labute approximate surface area is 95.3 Å². The molecule has 2 aromatic heterocycles. The van der Waals surface area contributed by atoms with Crippen molar-refractivity contribution in [3.8, 4) is 0 Å². The van der Waals surface area contributed by atoms with Crippen LogP contribution < -0.4 is 4.57 Å². The molecule has 0 saturated carbocycles. The van der Waals surface area contributed by atoms with Crippen molar-refractivity contribution in [2.75, 3.05) is 0 Å². The van der Waals surface area contributed by atoms with Crippen LogP contribution in [0, 0.1) is 0 Å². The Morgan fingerprint density at radius 3 is 3.00 bits per heavy atom. The van der Waals surface area contributed by atoms with Crippen molar-refractivity contribution in [2.24, 2.45) is 7.05 Å². The molecule has 0 aromatic carbocycles. The van der Waals surface area contributed by atoms with Crippen LogP contribution in [-0.2, 0) is 20.1 Å². The van der Waals surface area contributed by atoms with E-state index in [9.17, 15) is 0 Å². The lowest BCUT2D eigenvalue weighted by Gasteiger charge is -1.95. The smallest absolute Gasteiger partial charge is 0.243 e. The van der Waals surface area contributed by atoms with Crippen molar-refractivity contribution in [2.45, 2.75) is 32.9 Å². The van der Waals surface area contributed by atoms with Gasteiger partial charge in [-0.15, -0.1) is 5.10 Å². The predicted octanol–water partition coefficient (Wildman–Crippen LogP) is 0.752. The molecule has 5 heteroatoms. The van der Waals surface area contributed by atoms with E-state index in [4.69, 9.17) is 0 Å². The zero-order valence-electron chi connectivity index (χ0n) is 9.87. The van der Waals surface area contributed by atoms with Gasteiger partial charge in [0, 0.05) is 6.54 Å². The molecule has 86 valence electrons. The van der Waals surface area contributed by atoms with Gasteiger partial charge in [0.05, 0.1) is 13.2 Å². The van der Waals surface area contributed by atoms with Gasteiger partial charge in [0.25, 0.3) is 0 Å². The van der Waals surface area contributed by atoms with Gasteiger partial charge >= 0.3 is 0 Å². The van der Waals surface area contributed by atoms with E-state index >= 15 is 0 Å². The Morgan fingerprint density at radius 2 is 2.31 bits per heavy atom. The first-order chi connectivity index (χ1) is 7.78. The lowest BCUT2D eigenvalue weighted by Crippen LogP contribution is -2.23. The van der Waals surface area contributed by atoms with Crippen LogP contribution in [0.2, 0.25) is 0 Å². The van der Waals surface area contributed by atoms with Gasteiger partial charge in [0.1, 0.15) is 24.6 Å². The monoisotopic (exact) mass is 220 g/mol. The van der Waals surface area contributed by atoms with E-state index in [1.54, 1.807) is 0 Å². The molecule has 2 heterocycles. The number of aromatic nitrogens is 5. The summed E-state index contributed by atoms with van der Waals surface area (Å²) in [6.07, 6.45) is 10.4. The molecule has 0 fully saturated rings. The van der Waals surface area contributed by atoms with Gasteiger partial charge in [0.15, 0.2) is 0 Å². The quantitative estimate of drug-likeness (QED) is 0.698. The summed E-state index contributed by atoms with van der Waals surface area (Å²) in [6.45, 7) is 3.92. The standard InChI is InChI=1S/C11H18N5/c1-3-4-5-16-9-11(12-13-16)8-15-7-6-14(2)10-15/h6-7,9-10H,3-5,8H2,1-2H3/q+1. The average molecular weight is 220 g/mol. The van der Waals surface area contributed by atoms with Gasteiger partial charge in [-0.05, 0) is 6.42 Å². The number of hydrogen-bond donors (Lipinski definition) is 0. The molecular weight excluding hydrogens is 202 g/mol. The maximum Gasteiger partial charge on any atom is 0.243 e. The molecule has 2 aromatic rings. The van der Waals surface area contributed by atoms with Crippen LogP contribution in [0.5, 0.6) is 0 Å². The molecule has 0 bridgehead atoms. The first-order valence-corrected chi connectivity index (χ1v) is 5.68. The van der Waals surface area contributed by atoms with Gasteiger partial charge in [-0.3, -0.25) is 4.68 Å². The summed E-state index contributed by atoms with van der Waals surface area (Å²) >= 11 is 0. The maximum absolute atomic E-state index is 4.16. The summed E-state index contributed by atoms with van der Waals surface area (Å²) in [5, 5.41) is 8.26. The fraction of sp³-hybridized carbons (Fsp3) is 0.545. The zero-order valence-corrected chi connectivity index (χ0v) is 9.87. The van der Waals surface area contributed by atoms with E-state index in [2.05, 4.69) is 21.8 Å². The van der Waals surface area contributed by atoms with Crippen LogP contribution in [0.25, 0.3) is 0 Å². The fourth-order valence-corrected chi connectivity index (χ4v) is 1.62. The number of unbranched alkanes of at least 4 members (excludes halogenated alkanes) is 1. The molecule has 0 radical (unpaired) electrons. The van der Waals surface area contributed by atoms with E-state index in [-0.39, 0.29) is 0 Å². The van der Waals surface area contributed by atoms with Crippen molar-refractivity contribution in [3.63, 3.8) is 0 Å². The fourth-order valence-electron chi connectivity index (χ4n) is 1.62. The van der Waals surface area contributed by atoms with Crippen molar-refractivity contribution in [1.82, 2.24) is 19.6 Å². The van der Waals surface area contributed by atoms with Gasteiger partial charge in [-0.1, -0.05) is 18.6 Å². The van der Waals surface area contributed by atoms with Crippen LogP contribution in [0.4, 0.5) is 0 Å². The molecule has 0 saturated heterocycles. The van der Waals surface area contributed by atoms with Crippen LogP contribution in [0.15, 0.2) is 24.9 Å². The van der Waals surface area contributed by atoms with Crippen molar-refractivity contribution in [1.29, 1.82) is 0 Å². The van der Waals surface area contributed by atoms with Crippen molar-refractivity contribution < 1.29 is 4.57 Å². The van der Waals surface area contributed by atoms with E-state index < -0.39 is 0 Å². The molecular formula is C11H18N5+. The van der Waals surface area contributed by atoms with Crippen molar-refractivity contribution >= 4 is 0 Å². The van der Waals surface area contributed by atoms with E-state index in [1.807, 2.05) is 41.2 Å². The highest BCUT2D eigenvalue weighted by atomic mass is 15.4. The molecule has 0 unspecified atom stereocenters. The molecule has 0 aliphatic heterocycles. The second-order valence-corrected chi connectivity index (χ2v) is 4.08. The molecule has 0 N–H and O–H groups in total. The molecule has 0 spiro atoms. The highest BCUT2D eigenvalue weighted by molar-refractivity contribution is 4.93. The Morgan fingerprint density at radius 1 is 1.44 bits per heavy atom. The van der Waals surface area contributed by atoms with E-state index in [1.165, 1.54) is 6.42 Å². The third-order valence-corrected chi connectivity index (χ3v) is 2.50. The minimum absolute atomic E-state index is 0.785. The lowest BCUT2D eigenvalue weighted by molar-refractivity contribution is -0.671. The second-order valence-electron chi connectivity index (χ2n) is 4.08. The summed E-state index contributed by atoms with van der Waals surface area (Å²) in [5.41, 5.74) is 1.01. The normalized spacial score (nSPS) is 10.9. The molecule has 0 amide bonds. The maximum atomic E-state index is 4.16. The van der Waals surface area contributed by atoms with Crippen LogP contribution >= 0.6 is 0 Å². The van der Waals surface area contributed by atoms with Gasteiger partial charge < -0.3 is 0 Å². The first kappa shape index (κ1) is 10.9. The Hall–Kier alpha value is -1.65. The van der Waals surface area contributed by atoms with Crippen LogP contribution in [-0.4, -0.2) is 19.6 Å². The molecule has 5 nitrogen and oxygen atoms in total. The predicted molar refractivity (Wildman–Crippen MR) is 59.6 cm³/mol. The first-order valence-electron chi connectivity index (χ1n) is 5.68. The van der Waals surface area contributed by atoms with Gasteiger partial charge in [0.2, 0.25) is 6.33 Å². The van der Waals surface area contributed by atoms with Crippen LogP contribution in [0.1, 0.15) is 25.5 Å². The Balaban J connectivity index is 1.97. The molecule has 0 aliphatic carbocycles. The van der Waals surface area contributed by atoms with E-state index in [0.717, 1.165) is 25.2 Å². The summed E-state index contributed by atoms with van der Waals surface area (Å²) < 4.78 is 6.03. The number of aryl methyl sites for hydroxylation is 2. The van der Waals surface area contributed by atoms with Gasteiger partial charge in [-0.2, -0.15) is 0 Å². The minimum Gasteiger partial charge on any atom is -0.252 e. The Kier molecular flexibility index (Phi) is 3.34. The Bertz CT molecular complexity index is 443. The highest BCUT2D eigenvalue weighted by Gasteiger charge is 2.05. The third kappa shape index (κ3) is 2.68.